The minimum atomic E-state index is -0.514. The van der Waals surface area contributed by atoms with Crippen LogP contribution in [0.2, 0.25) is 0 Å². The molecule has 98 valence electrons. The molecule has 0 aliphatic carbocycles. The van der Waals surface area contributed by atoms with Crippen LogP contribution in [0.4, 0.5) is 0 Å². The number of halogens is 1. The Morgan fingerprint density at radius 3 is 2.74 bits per heavy atom. The topological polar surface area (TPSA) is 95.1 Å². The summed E-state index contributed by atoms with van der Waals surface area (Å²) in [4.78, 5) is 11.5. The summed E-state index contributed by atoms with van der Waals surface area (Å²) in [7, 11) is 0. The van der Waals surface area contributed by atoms with Gasteiger partial charge in [0.1, 0.15) is 11.5 Å². The van der Waals surface area contributed by atoms with Gasteiger partial charge in [0.25, 0.3) is 0 Å². The Balaban J connectivity index is 2.02. The van der Waals surface area contributed by atoms with Crippen molar-refractivity contribution in [1.29, 1.82) is 0 Å². The number of amides is 1. The lowest BCUT2D eigenvalue weighted by atomic mass is 10.2. The summed E-state index contributed by atoms with van der Waals surface area (Å²) in [6, 6.07) is 7.11. The Labute approximate surface area is 116 Å². The molecule has 1 heterocycles. The molecule has 1 amide bonds. The first-order chi connectivity index (χ1) is 9.06. The molecule has 0 spiro atoms. The Bertz CT molecular complexity index is 636. The van der Waals surface area contributed by atoms with Gasteiger partial charge in [0, 0.05) is 11.6 Å². The molecule has 0 saturated heterocycles. The Kier molecular flexibility index (Phi) is 3.86. The van der Waals surface area contributed by atoms with Crippen molar-refractivity contribution in [2.75, 3.05) is 0 Å². The van der Waals surface area contributed by atoms with Crippen molar-refractivity contribution in [2.24, 2.45) is 5.10 Å². The average Bonchev–Trinajstić information content (AvgIpc) is 2.78. The number of carbonyl (C=O) groups is 1. The van der Waals surface area contributed by atoms with Crippen LogP contribution < -0.4 is 5.43 Å². The van der Waals surface area contributed by atoms with Crippen LogP contribution in [0.15, 0.2) is 44.5 Å². The van der Waals surface area contributed by atoms with Gasteiger partial charge in [0.05, 0.1) is 6.21 Å². The van der Waals surface area contributed by atoms with E-state index >= 15 is 0 Å². The van der Waals surface area contributed by atoms with E-state index in [1.807, 2.05) is 0 Å². The largest absolute Gasteiger partial charge is 0.508 e. The number of hydrogen-bond donors (Lipinski definition) is 3. The monoisotopic (exact) mass is 324 g/mol. The summed E-state index contributed by atoms with van der Waals surface area (Å²) in [5.41, 5.74) is 2.60. The summed E-state index contributed by atoms with van der Waals surface area (Å²) in [6.45, 7) is 0. The van der Waals surface area contributed by atoms with E-state index in [-0.39, 0.29) is 17.3 Å². The second-order valence-corrected chi connectivity index (χ2v) is 4.33. The van der Waals surface area contributed by atoms with Crippen molar-refractivity contribution in [1.82, 2.24) is 5.43 Å². The minimum absolute atomic E-state index is 0.0564. The van der Waals surface area contributed by atoms with Gasteiger partial charge >= 0.3 is 5.91 Å². The van der Waals surface area contributed by atoms with Crippen LogP contribution in [-0.4, -0.2) is 22.3 Å². The number of nitrogens with zero attached hydrogens (tertiary/aromatic N) is 1. The molecule has 1 aromatic carbocycles. The van der Waals surface area contributed by atoms with E-state index in [9.17, 15) is 9.90 Å². The van der Waals surface area contributed by atoms with E-state index in [1.54, 1.807) is 6.07 Å². The van der Waals surface area contributed by atoms with E-state index in [4.69, 9.17) is 9.52 Å². The molecule has 6 nitrogen and oxygen atoms in total. The number of phenols is 2. The molecule has 2 aromatic rings. The molecule has 0 saturated carbocycles. The zero-order chi connectivity index (χ0) is 13.8. The summed E-state index contributed by atoms with van der Waals surface area (Å²) in [5, 5.41) is 22.3. The van der Waals surface area contributed by atoms with Crippen LogP contribution in [0.1, 0.15) is 16.1 Å². The van der Waals surface area contributed by atoms with Crippen molar-refractivity contribution in [2.45, 2.75) is 0 Å². The second kappa shape index (κ2) is 5.57. The molecule has 0 fully saturated rings. The SMILES string of the molecule is O=C(N/N=C/c1ccc(O)cc1O)c1ccc(Br)o1. The number of hydrogen-bond acceptors (Lipinski definition) is 5. The maximum atomic E-state index is 11.5. The van der Waals surface area contributed by atoms with Gasteiger partial charge < -0.3 is 14.6 Å². The lowest BCUT2D eigenvalue weighted by Crippen LogP contribution is -2.16. The summed E-state index contributed by atoms with van der Waals surface area (Å²) >= 11 is 3.08. The first-order valence-electron chi connectivity index (χ1n) is 5.17. The highest BCUT2D eigenvalue weighted by atomic mass is 79.9. The van der Waals surface area contributed by atoms with Crippen LogP contribution in [0.5, 0.6) is 11.5 Å². The first kappa shape index (κ1) is 13.2. The molecule has 2 rings (SSSR count). The molecule has 0 aliphatic heterocycles. The highest BCUT2D eigenvalue weighted by molar-refractivity contribution is 9.10. The van der Waals surface area contributed by atoms with E-state index < -0.39 is 5.91 Å². The highest BCUT2D eigenvalue weighted by Gasteiger charge is 2.08. The van der Waals surface area contributed by atoms with E-state index in [2.05, 4.69) is 26.5 Å². The van der Waals surface area contributed by atoms with Gasteiger partial charge in [-0.1, -0.05) is 0 Å². The molecule has 0 aliphatic rings. The van der Waals surface area contributed by atoms with Crippen LogP contribution in [0.3, 0.4) is 0 Å². The third kappa shape index (κ3) is 3.35. The maximum Gasteiger partial charge on any atom is 0.307 e. The molecule has 7 heteroatoms. The predicted molar refractivity (Wildman–Crippen MR) is 71.2 cm³/mol. The lowest BCUT2D eigenvalue weighted by molar-refractivity contribution is 0.0926. The summed E-state index contributed by atoms with van der Waals surface area (Å²) in [6.07, 6.45) is 1.25. The van der Waals surface area contributed by atoms with Crippen molar-refractivity contribution in [3.63, 3.8) is 0 Å². The molecular weight excluding hydrogens is 316 g/mol. The first-order valence-corrected chi connectivity index (χ1v) is 5.96. The van der Waals surface area contributed by atoms with Gasteiger partial charge in [0.2, 0.25) is 0 Å². The van der Waals surface area contributed by atoms with Crippen molar-refractivity contribution in [3.05, 3.63) is 46.3 Å². The third-order valence-electron chi connectivity index (χ3n) is 2.18. The standard InChI is InChI=1S/C12H9BrN2O4/c13-11-4-3-10(19-11)12(18)15-14-6-7-1-2-8(16)5-9(7)17/h1-6,16-17H,(H,15,18)/b14-6+. The normalized spacial score (nSPS) is 10.8. The zero-order valence-corrected chi connectivity index (χ0v) is 11.1. The summed E-state index contributed by atoms with van der Waals surface area (Å²) in [5.74, 6) is -0.600. The molecule has 0 radical (unpaired) electrons. The van der Waals surface area contributed by atoms with Gasteiger partial charge in [0.15, 0.2) is 10.4 Å². The minimum Gasteiger partial charge on any atom is -0.508 e. The maximum absolute atomic E-state index is 11.5. The van der Waals surface area contributed by atoms with Crippen LogP contribution >= 0.6 is 15.9 Å². The van der Waals surface area contributed by atoms with Gasteiger partial charge in [-0.25, -0.2) is 5.43 Å². The average molecular weight is 325 g/mol. The fourth-order valence-corrected chi connectivity index (χ4v) is 1.60. The van der Waals surface area contributed by atoms with Crippen molar-refractivity contribution in [3.8, 4) is 11.5 Å². The lowest BCUT2D eigenvalue weighted by Gasteiger charge is -1.99. The Morgan fingerprint density at radius 1 is 1.32 bits per heavy atom. The quantitative estimate of drug-likeness (QED) is 0.596. The highest BCUT2D eigenvalue weighted by Crippen LogP contribution is 2.20. The van der Waals surface area contributed by atoms with Crippen LogP contribution in [-0.2, 0) is 0 Å². The van der Waals surface area contributed by atoms with E-state index in [0.29, 0.717) is 10.2 Å². The van der Waals surface area contributed by atoms with Gasteiger partial charge in [-0.3, -0.25) is 4.79 Å². The van der Waals surface area contributed by atoms with Crippen LogP contribution in [0, 0.1) is 0 Å². The number of aromatic hydroxyl groups is 2. The van der Waals surface area contributed by atoms with Gasteiger partial charge in [-0.05, 0) is 40.2 Å². The fraction of sp³-hybridized carbons (Fsp3) is 0. The molecule has 19 heavy (non-hydrogen) atoms. The van der Waals surface area contributed by atoms with Crippen molar-refractivity contribution < 1.29 is 19.4 Å². The smallest absolute Gasteiger partial charge is 0.307 e. The Morgan fingerprint density at radius 2 is 2.11 bits per heavy atom. The van der Waals surface area contributed by atoms with E-state index in [0.717, 1.165) is 0 Å². The molecule has 0 atom stereocenters. The molecule has 3 N–H and O–H groups in total. The zero-order valence-electron chi connectivity index (χ0n) is 9.50. The van der Waals surface area contributed by atoms with E-state index in [1.165, 1.54) is 30.5 Å². The molecule has 1 aromatic heterocycles. The van der Waals surface area contributed by atoms with Gasteiger partial charge in [-0.15, -0.1) is 0 Å². The number of rotatable bonds is 3. The summed E-state index contributed by atoms with van der Waals surface area (Å²) < 4.78 is 5.48. The number of hydrazone groups is 1. The molecular formula is C12H9BrN2O4. The van der Waals surface area contributed by atoms with Gasteiger partial charge in [-0.2, -0.15) is 5.10 Å². The molecule has 0 unspecified atom stereocenters. The number of phenolic OH excluding ortho intramolecular Hbond substituents is 2. The van der Waals surface area contributed by atoms with Crippen LogP contribution in [0.25, 0.3) is 0 Å². The third-order valence-corrected chi connectivity index (χ3v) is 2.61. The predicted octanol–water partition coefficient (Wildman–Crippen LogP) is 2.22. The number of nitrogens with one attached hydrogen (secondary N) is 1. The van der Waals surface area contributed by atoms with Crippen molar-refractivity contribution >= 4 is 28.1 Å². The number of benzene rings is 1. The Hall–Kier alpha value is -2.28. The number of furan rings is 1. The fourth-order valence-electron chi connectivity index (χ4n) is 1.29. The number of carbonyl (C=O) groups excluding carboxylic acids is 1. The molecule has 0 bridgehead atoms. The second-order valence-electron chi connectivity index (χ2n) is 3.55.